The number of ether oxygens (including phenoxy) is 1. The van der Waals surface area contributed by atoms with Crippen LogP contribution in [0.15, 0.2) is 48.5 Å². The van der Waals surface area contributed by atoms with Gasteiger partial charge < -0.3 is 10.1 Å². The molecule has 1 amide bonds. The van der Waals surface area contributed by atoms with Gasteiger partial charge in [0.2, 0.25) is 0 Å². The molecular formula is C26H30N2O3Si. The molecule has 0 unspecified atom stereocenters. The number of amides is 1. The second-order valence-corrected chi connectivity index (χ2v) is 14.5. The molecule has 0 saturated heterocycles. The summed E-state index contributed by atoms with van der Waals surface area (Å²) < 4.78 is 4.95. The fourth-order valence-corrected chi connectivity index (χ4v) is 4.13. The molecule has 1 atom stereocenters. The number of fused-ring (bicyclic) bond motifs is 2. The number of benzene rings is 2. The van der Waals surface area contributed by atoms with Crippen LogP contribution < -0.4 is 5.32 Å². The molecule has 2 aromatic carbocycles. The van der Waals surface area contributed by atoms with Gasteiger partial charge in [-0.05, 0) is 17.2 Å². The van der Waals surface area contributed by atoms with Crippen LogP contribution in [0.1, 0.15) is 37.6 Å². The monoisotopic (exact) mass is 446 g/mol. The van der Waals surface area contributed by atoms with Gasteiger partial charge >= 0.3 is 5.97 Å². The lowest BCUT2D eigenvalue weighted by Gasteiger charge is -2.31. The van der Waals surface area contributed by atoms with Crippen molar-refractivity contribution in [3.8, 4) is 11.5 Å². The van der Waals surface area contributed by atoms with E-state index in [1.807, 2.05) is 48.5 Å². The van der Waals surface area contributed by atoms with Crippen LogP contribution in [0.25, 0.3) is 21.8 Å². The number of hydrogen-bond donors (Lipinski definition) is 1. The van der Waals surface area contributed by atoms with Crippen molar-refractivity contribution in [3.63, 3.8) is 0 Å². The van der Waals surface area contributed by atoms with Crippen LogP contribution in [0.4, 0.5) is 0 Å². The smallest absolute Gasteiger partial charge is 0.329 e. The third-order valence-electron chi connectivity index (χ3n) is 6.19. The third-order valence-corrected chi connectivity index (χ3v) is 10.7. The number of esters is 1. The van der Waals surface area contributed by atoms with E-state index in [-0.39, 0.29) is 17.4 Å². The summed E-state index contributed by atoms with van der Waals surface area (Å²) in [6.07, 6.45) is 0.200. The van der Waals surface area contributed by atoms with Crippen LogP contribution in [0.2, 0.25) is 18.1 Å². The number of nitrogens with zero attached hydrogens (tertiary/aromatic N) is 1. The molecule has 5 nitrogen and oxygen atoms in total. The molecule has 0 bridgehead atoms. The molecular weight excluding hydrogens is 416 g/mol. The lowest BCUT2D eigenvalue weighted by atomic mass is 10.0. The Bertz CT molecular complexity index is 1180. The van der Waals surface area contributed by atoms with Crippen molar-refractivity contribution in [2.75, 3.05) is 7.11 Å². The molecule has 166 valence electrons. The van der Waals surface area contributed by atoms with Crippen molar-refractivity contribution >= 4 is 41.8 Å². The number of carbonyl (C=O) groups excluding carboxylic acids is 2. The molecule has 3 rings (SSSR count). The summed E-state index contributed by atoms with van der Waals surface area (Å²) in [5.74, 6) is 2.31. The molecule has 0 saturated carbocycles. The largest absolute Gasteiger partial charge is 0.467 e. The molecule has 0 aliphatic carbocycles. The van der Waals surface area contributed by atoms with Gasteiger partial charge in [0.15, 0.2) is 0 Å². The molecule has 3 aromatic rings. The minimum atomic E-state index is -1.83. The summed E-state index contributed by atoms with van der Waals surface area (Å²) in [7, 11) is -0.508. The number of carbonyl (C=O) groups is 2. The van der Waals surface area contributed by atoms with E-state index in [9.17, 15) is 9.59 Å². The van der Waals surface area contributed by atoms with Gasteiger partial charge in [0.25, 0.3) is 5.91 Å². The Hall–Kier alpha value is -3.17. The number of pyridine rings is 1. The Morgan fingerprint density at radius 1 is 1.03 bits per heavy atom. The zero-order valence-corrected chi connectivity index (χ0v) is 20.6. The second kappa shape index (κ2) is 9.13. The van der Waals surface area contributed by atoms with Crippen LogP contribution in [0.3, 0.4) is 0 Å². The molecule has 0 radical (unpaired) electrons. The van der Waals surface area contributed by atoms with Gasteiger partial charge in [-0.3, -0.25) is 4.79 Å². The van der Waals surface area contributed by atoms with Crippen molar-refractivity contribution in [1.82, 2.24) is 10.3 Å². The summed E-state index contributed by atoms with van der Waals surface area (Å²) in [5.41, 5.74) is 5.35. The van der Waals surface area contributed by atoms with E-state index in [1.54, 1.807) is 0 Å². The molecule has 1 aromatic heterocycles. The highest BCUT2D eigenvalue weighted by Gasteiger charge is 2.33. The Morgan fingerprint density at radius 2 is 1.56 bits per heavy atom. The number of hydrogen-bond acceptors (Lipinski definition) is 4. The minimum Gasteiger partial charge on any atom is -0.467 e. The van der Waals surface area contributed by atoms with Crippen molar-refractivity contribution in [2.45, 2.75) is 51.4 Å². The van der Waals surface area contributed by atoms with E-state index in [0.717, 1.165) is 21.8 Å². The summed E-state index contributed by atoms with van der Waals surface area (Å²) in [5, 5.41) is 4.45. The van der Waals surface area contributed by atoms with Gasteiger partial charge in [0, 0.05) is 17.2 Å². The van der Waals surface area contributed by atoms with Crippen molar-refractivity contribution < 1.29 is 14.3 Å². The number of aromatic nitrogens is 1. The molecule has 0 fully saturated rings. The first-order valence-electron chi connectivity index (χ1n) is 10.7. The Labute approximate surface area is 190 Å². The SMILES string of the molecule is COC(=O)[C@@H](CC#C[Si](C)(C)C(C)(C)C)NC(=O)c1c2ccccc2nc2ccccc12. The predicted molar refractivity (Wildman–Crippen MR) is 132 cm³/mol. The van der Waals surface area contributed by atoms with Gasteiger partial charge in [-0.1, -0.05) is 70.3 Å². The van der Waals surface area contributed by atoms with Gasteiger partial charge in [-0.15, -0.1) is 11.5 Å². The summed E-state index contributed by atoms with van der Waals surface area (Å²) in [6.45, 7) is 11.0. The van der Waals surface area contributed by atoms with Crippen molar-refractivity contribution in [1.29, 1.82) is 0 Å². The average Bonchev–Trinajstić information content (AvgIpc) is 2.75. The number of rotatable bonds is 4. The number of methoxy groups -OCH3 is 1. The van der Waals surface area contributed by atoms with E-state index in [4.69, 9.17) is 4.74 Å². The van der Waals surface area contributed by atoms with Crippen LogP contribution >= 0.6 is 0 Å². The van der Waals surface area contributed by atoms with Gasteiger partial charge in [-0.25, -0.2) is 9.78 Å². The maximum absolute atomic E-state index is 13.4. The molecule has 32 heavy (non-hydrogen) atoms. The normalized spacial score (nSPS) is 12.7. The van der Waals surface area contributed by atoms with Crippen molar-refractivity contribution in [3.05, 3.63) is 54.1 Å². The predicted octanol–water partition coefficient (Wildman–Crippen LogP) is 5.10. The Balaban J connectivity index is 1.97. The maximum atomic E-state index is 13.4. The molecule has 0 aliphatic rings. The van der Waals surface area contributed by atoms with E-state index in [2.05, 4.69) is 55.6 Å². The minimum absolute atomic E-state index is 0.110. The first-order chi connectivity index (χ1) is 15.0. The molecule has 0 spiro atoms. The highest BCUT2D eigenvalue weighted by molar-refractivity contribution is 6.87. The van der Waals surface area contributed by atoms with E-state index in [0.29, 0.717) is 5.56 Å². The standard InChI is InChI=1S/C26H30N2O3Si/c1-26(2,3)32(5,6)17-11-16-22(25(30)31-4)28-24(29)23-18-12-7-9-14-20(18)27-21-15-10-8-13-19(21)23/h7-10,12-15,22H,16H2,1-6H3,(H,28,29)/t22-/m1/s1. The summed E-state index contributed by atoms with van der Waals surface area (Å²) in [4.78, 5) is 30.6. The van der Waals surface area contributed by atoms with Crippen LogP contribution in [-0.2, 0) is 9.53 Å². The molecule has 0 aliphatic heterocycles. The highest BCUT2D eigenvalue weighted by Crippen LogP contribution is 2.35. The van der Waals surface area contributed by atoms with E-state index < -0.39 is 20.1 Å². The summed E-state index contributed by atoms with van der Waals surface area (Å²) >= 11 is 0. The van der Waals surface area contributed by atoms with Crippen LogP contribution in [-0.4, -0.2) is 38.1 Å². The van der Waals surface area contributed by atoms with E-state index in [1.165, 1.54) is 7.11 Å². The lowest BCUT2D eigenvalue weighted by Crippen LogP contribution is -2.41. The maximum Gasteiger partial charge on any atom is 0.329 e. The fourth-order valence-electron chi connectivity index (χ4n) is 3.21. The van der Waals surface area contributed by atoms with Gasteiger partial charge in [-0.2, -0.15) is 0 Å². The zero-order chi connectivity index (χ0) is 23.5. The topological polar surface area (TPSA) is 68.3 Å². The quantitative estimate of drug-likeness (QED) is 0.262. The lowest BCUT2D eigenvalue weighted by molar-refractivity contribution is -0.142. The van der Waals surface area contributed by atoms with Crippen LogP contribution in [0.5, 0.6) is 0 Å². The highest BCUT2D eigenvalue weighted by atomic mass is 28.3. The van der Waals surface area contributed by atoms with Crippen molar-refractivity contribution in [2.24, 2.45) is 0 Å². The summed E-state index contributed by atoms with van der Waals surface area (Å²) in [6, 6.07) is 14.2. The van der Waals surface area contributed by atoms with Gasteiger partial charge in [0.1, 0.15) is 14.1 Å². The molecule has 6 heteroatoms. The zero-order valence-electron chi connectivity index (χ0n) is 19.6. The first kappa shape index (κ1) is 23.5. The third kappa shape index (κ3) is 4.84. The average molecular weight is 447 g/mol. The fraction of sp³-hybridized carbons (Fsp3) is 0.346. The number of nitrogens with one attached hydrogen (secondary N) is 1. The Kier molecular flexibility index (Phi) is 6.70. The van der Waals surface area contributed by atoms with Crippen LogP contribution in [0, 0.1) is 11.5 Å². The molecule has 1 heterocycles. The van der Waals surface area contributed by atoms with E-state index >= 15 is 0 Å². The first-order valence-corrected chi connectivity index (χ1v) is 13.7. The second-order valence-electron chi connectivity index (χ2n) is 9.45. The molecule has 1 N–H and O–H groups in total. The van der Waals surface area contributed by atoms with Gasteiger partial charge in [0.05, 0.1) is 23.7 Å². The Morgan fingerprint density at radius 3 is 2.06 bits per heavy atom. The number of para-hydroxylation sites is 2.